The lowest BCUT2D eigenvalue weighted by molar-refractivity contribution is 0.0948. The van der Waals surface area contributed by atoms with Crippen molar-refractivity contribution in [1.29, 1.82) is 0 Å². The number of hydrogen-bond acceptors (Lipinski definition) is 4. The Balaban J connectivity index is 1.66. The van der Waals surface area contributed by atoms with Gasteiger partial charge in [-0.05, 0) is 43.2 Å². The lowest BCUT2D eigenvalue weighted by Crippen LogP contribution is -2.27. The van der Waals surface area contributed by atoms with Crippen molar-refractivity contribution in [3.05, 3.63) is 83.3 Å². The molecule has 2 aromatic carbocycles. The second kappa shape index (κ2) is 8.35. The number of nitrogens with one attached hydrogen (secondary N) is 2. The number of hydrogen-bond donors (Lipinski definition) is 2. The van der Waals surface area contributed by atoms with E-state index >= 15 is 0 Å². The second-order valence-electron chi connectivity index (χ2n) is 5.92. The molecule has 0 unspecified atom stereocenters. The zero-order valence-corrected chi connectivity index (χ0v) is 14.7. The van der Waals surface area contributed by atoms with E-state index in [9.17, 15) is 13.6 Å². The number of halogens is 2. The highest BCUT2D eigenvalue weighted by molar-refractivity contribution is 5.93. The van der Waals surface area contributed by atoms with Gasteiger partial charge >= 0.3 is 0 Å². The summed E-state index contributed by atoms with van der Waals surface area (Å²) in [6.07, 6.45) is 0.372. The number of anilines is 2. The number of nitrogens with zero attached hydrogens (tertiary/aromatic N) is 2. The van der Waals surface area contributed by atoms with E-state index < -0.39 is 0 Å². The Hall–Kier alpha value is -3.35. The van der Waals surface area contributed by atoms with Crippen LogP contribution in [0.15, 0.2) is 54.6 Å². The number of carbonyl (C=O) groups is 1. The molecule has 27 heavy (non-hydrogen) atoms. The zero-order chi connectivity index (χ0) is 19.2. The fourth-order valence-electron chi connectivity index (χ4n) is 2.56. The molecule has 3 rings (SSSR count). The van der Waals surface area contributed by atoms with Gasteiger partial charge in [0.1, 0.15) is 29.0 Å². The van der Waals surface area contributed by atoms with Crippen molar-refractivity contribution < 1.29 is 13.6 Å². The summed E-state index contributed by atoms with van der Waals surface area (Å²) in [5.41, 5.74) is 1.22. The SMILES string of the molecule is Cc1nc(Nc2cccc(F)c2)cc(C(=O)NCCc2ccccc2F)n1. The number of rotatable bonds is 6. The standard InChI is InChI=1S/C20H18F2N4O/c1-13-24-18(12-19(25-13)26-16-7-4-6-15(21)11-16)20(27)23-10-9-14-5-2-3-8-17(14)22/h2-8,11-12H,9-10H2,1H3,(H,23,27)(H,24,25,26). The smallest absolute Gasteiger partial charge is 0.270 e. The van der Waals surface area contributed by atoms with Crippen LogP contribution in [0.25, 0.3) is 0 Å². The molecule has 5 nitrogen and oxygen atoms in total. The minimum Gasteiger partial charge on any atom is -0.350 e. The lowest BCUT2D eigenvalue weighted by Gasteiger charge is -2.09. The maximum absolute atomic E-state index is 13.6. The molecule has 138 valence electrons. The molecule has 1 aromatic heterocycles. The first-order valence-corrected chi connectivity index (χ1v) is 8.41. The first kappa shape index (κ1) is 18.4. The number of aromatic nitrogens is 2. The summed E-state index contributed by atoms with van der Waals surface area (Å²) < 4.78 is 26.9. The summed E-state index contributed by atoms with van der Waals surface area (Å²) in [7, 11) is 0. The van der Waals surface area contributed by atoms with Crippen molar-refractivity contribution in [2.24, 2.45) is 0 Å². The predicted octanol–water partition coefficient (Wildman–Crippen LogP) is 3.78. The molecule has 0 fully saturated rings. The van der Waals surface area contributed by atoms with Crippen molar-refractivity contribution in [1.82, 2.24) is 15.3 Å². The van der Waals surface area contributed by atoms with Gasteiger partial charge in [-0.1, -0.05) is 24.3 Å². The summed E-state index contributed by atoms with van der Waals surface area (Å²) in [4.78, 5) is 20.7. The number of benzene rings is 2. The number of amides is 1. The highest BCUT2D eigenvalue weighted by Gasteiger charge is 2.11. The normalized spacial score (nSPS) is 10.5. The van der Waals surface area contributed by atoms with Gasteiger partial charge in [0.15, 0.2) is 0 Å². The molecule has 0 aliphatic carbocycles. The maximum Gasteiger partial charge on any atom is 0.270 e. The van der Waals surface area contributed by atoms with Crippen LogP contribution in [0.3, 0.4) is 0 Å². The third-order valence-electron chi connectivity index (χ3n) is 3.81. The summed E-state index contributed by atoms with van der Waals surface area (Å²) in [6, 6.07) is 13.8. The molecule has 7 heteroatoms. The molecule has 1 heterocycles. The van der Waals surface area contributed by atoms with Crippen LogP contribution >= 0.6 is 0 Å². The highest BCUT2D eigenvalue weighted by Crippen LogP contribution is 2.16. The van der Waals surface area contributed by atoms with Crippen molar-refractivity contribution in [3.8, 4) is 0 Å². The van der Waals surface area contributed by atoms with Gasteiger partial charge in [-0.25, -0.2) is 18.7 Å². The number of aryl methyl sites for hydroxylation is 1. The van der Waals surface area contributed by atoms with E-state index in [0.29, 0.717) is 29.3 Å². The van der Waals surface area contributed by atoms with Crippen LogP contribution < -0.4 is 10.6 Å². The van der Waals surface area contributed by atoms with E-state index in [-0.39, 0.29) is 29.8 Å². The predicted molar refractivity (Wildman–Crippen MR) is 98.9 cm³/mol. The minimum absolute atomic E-state index is 0.176. The molecule has 1 amide bonds. The van der Waals surface area contributed by atoms with Gasteiger partial charge < -0.3 is 10.6 Å². The fourth-order valence-corrected chi connectivity index (χ4v) is 2.56. The van der Waals surface area contributed by atoms with Gasteiger partial charge in [0.2, 0.25) is 0 Å². The molecule has 0 atom stereocenters. The maximum atomic E-state index is 13.6. The first-order chi connectivity index (χ1) is 13.0. The Kier molecular flexibility index (Phi) is 5.71. The second-order valence-corrected chi connectivity index (χ2v) is 5.92. The van der Waals surface area contributed by atoms with Crippen LogP contribution in [0.1, 0.15) is 21.9 Å². The van der Waals surface area contributed by atoms with E-state index in [0.717, 1.165) is 0 Å². The average Bonchev–Trinajstić information content (AvgIpc) is 2.63. The van der Waals surface area contributed by atoms with Crippen molar-refractivity contribution in [2.45, 2.75) is 13.3 Å². The Morgan fingerprint density at radius 1 is 1.04 bits per heavy atom. The molecule has 3 aromatic rings. The molecule has 0 aliphatic rings. The molecule has 0 saturated carbocycles. The van der Waals surface area contributed by atoms with Crippen molar-refractivity contribution in [3.63, 3.8) is 0 Å². The van der Waals surface area contributed by atoms with Gasteiger partial charge in [-0.3, -0.25) is 4.79 Å². The van der Waals surface area contributed by atoms with E-state index in [1.54, 1.807) is 37.3 Å². The van der Waals surface area contributed by atoms with Crippen LogP contribution in [0, 0.1) is 18.6 Å². The quantitative estimate of drug-likeness (QED) is 0.695. The lowest BCUT2D eigenvalue weighted by atomic mass is 10.1. The fraction of sp³-hybridized carbons (Fsp3) is 0.150. The van der Waals surface area contributed by atoms with Gasteiger partial charge in [-0.2, -0.15) is 0 Å². The Labute approximate surface area is 155 Å². The van der Waals surface area contributed by atoms with E-state index in [1.165, 1.54) is 24.3 Å². The minimum atomic E-state index is -0.390. The number of carbonyl (C=O) groups excluding carboxylic acids is 1. The third kappa shape index (κ3) is 5.07. The molecule has 0 bridgehead atoms. The summed E-state index contributed by atoms with van der Waals surface area (Å²) in [5, 5.41) is 5.67. The Bertz CT molecular complexity index is 962. The largest absolute Gasteiger partial charge is 0.350 e. The Morgan fingerprint density at radius 2 is 1.85 bits per heavy atom. The van der Waals surface area contributed by atoms with Crippen LogP contribution in [0.2, 0.25) is 0 Å². The van der Waals surface area contributed by atoms with E-state index in [1.807, 2.05) is 0 Å². The molecule has 0 aliphatic heterocycles. The van der Waals surface area contributed by atoms with Crippen LogP contribution in [-0.2, 0) is 6.42 Å². The first-order valence-electron chi connectivity index (χ1n) is 8.41. The summed E-state index contributed by atoms with van der Waals surface area (Å²) >= 11 is 0. The highest BCUT2D eigenvalue weighted by atomic mass is 19.1. The molecule has 0 radical (unpaired) electrons. The van der Waals surface area contributed by atoms with Crippen LogP contribution in [0.5, 0.6) is 0 Å². The summed E-state index contributed by atoms with van der Waals surface area (Å²) in [5.74, 6) is -0.287. The molecule has 2 N–H and O–H groups in total. The van der Waals surface area contributed by atoms with Gasteiger partial charge in [0.05, 0.1) is 0 Å². The van der Waals surface area contributed by atoms with Gasteiger partial charge in [0.25, 0.3) is 5.91 Å². The van der Waals surface area contributed by atoms with Crippen molar-refractivity contribution >= 4 is 17.4 Å². The topological polar surface area (TPSA) is 66.9 Å². The molecular weight excluding hydrogens is 350 g/mol. The van der Waals surface area contributed by atoms with E-state index in [4.69, 9.17) is 0 Å². The van der Waals surface area contributed by atoms with Crippen LogP contribution in [0.4, 0.5) is 20.3 Å². The molecule has 0 spiro atoms. The van der Waals surface area contributed by atoms with Gasteiger partial charge in [-0.15, -0.1) is 0 Å². The van der Waals surface area contributed by atoms with E-state index in [2.05, 4.69) is 20.6 Å². The molecule has 0 saturated heterocycles. The monoisotopic (exact) mass is 368 g/mol. The summed E-state index contributed by atoms with van der Waals surface area (Å²) in [6.45, 7) is 1.93. The van der Waals surface area contributed by atoms with Crippen LogP contribution in [-0.4, -0.2) is 22.4 Å². The average molecular weight is 368 g/mol. The van der Waals surface area contributed by atoms with Crippen molar-refractivity contribution in [2.75, 3.05) is 11.9 Å². The third-order valence-corrected chi connectivity index (χ3v) is 3.81. The molecular formula is C20H18F2N4O. The Morgan fingerprint density at radius 3 is 2.63 bits per heavy atom. The van der Waals surface area contributed by atoms with Gasteiger partial charge in [0, 0.05) is 18.3 Å². The zero-order valence-electron chi connectivity index (χ0n) is 14.7.